The van der Waals surface area contributed by atoms with Gasteiger partial charge in [-0.25, -0.2) is 4.79 Å². The molecule has 0 aliphatic heterocycles. The lowest BCUT2D eigenvalue weighted by Gasteiger charge is -2.21. The number of carboxylic acid groups (broad SMARTS) is 1. The van der Waals surface area contributed by atoms with Gasteiger partial charge >= 0.3 is 5.97 Å². The van der Waals surface area contributed by atoms with E-state index in [4.69, 9.17) is 28.7 Å². The molecule has 0 fully saturated rings. The van der Waals surface area contributed by atoms with Crippen LogP contribution in [0.5, 0.6) is 0 Å². The molecular weight excluding hydrogens is 480 g/mol. The number of thioether (sulfide) groups is 1. The van der Waals surface area contributed by atoms with Crippen LogP contribution in [-0.4, -0.2) is 90.5 Å². The van der Waals surface area contributed by atoms with Crippen LogP contribution in [0.15, 0.2) is 9.98 Å². The van der Waals surface area contributed by atoms with Gasteiger partial charge in [-0.2, -0.15) is 11.8 Å². The Labute approximate surface area is 208 Å². The summed E-state index contributed by atoms with van der Waals surface area (Å²) in [7, 11) is 0. The van der Waals surface area contributed by atoms with Crippen molar-refractivity contribution in [1.29, 1.82) is 0 Å². The van der Waals surface area contributed by atoms with Crippen molar-refractivity contribution >= 4 is 47.4 Å². The van der Waals surface area contributed by atoms with Crippen LogP contribution < -0.4 is 44.6 Å². The number of carbonyl (C=O) groups is 4. The van der Waals surface area contributed by atoms with Gasteiger partial charge in [0.2, 0.25) is 17.7 Å². The summed E-state index contributed by atoms with van der Waals surface area (Å²) < 4.78 is 0. The lowest BCUT2D eigenvalue weighted by Crippen LogP contribution is -2.53. The van der Waals surface area contributed by atoms with Crippen LogP contribution in [0.2, 0.25) is 0 Å². The zero-order chi connectivity index (χ0) is 26.8. The van der Waals surface area contributed by atoms with Gasteiger partial charge in [0.15, 0.2) is 11.9 Å². The summed E-state index contributed by atoms with van der Waals surface area (Å²) in [6.45, 7) is 0.0686. The van der Waals surface area contributed by atoms with Gasteiger partial charge in [0.25, 0.3) is 0 Å². The third kappa shape index (κ3) is 16.1. The van der Waals surface area contributed by atoms with Crippen LogP contribution in [0.4, 0.5) is 0 Å². The van der Waals surface area contributed by atoms with Gasteiger partial charge in [0.1, 0.15) is 12.1 Å². The Kier molecular flexibility index (Phi) is 16.4. The molecule has 0 aliphatic carbocycles. The Morgan fingerprint density at radius 1 is 0.857 bits per heavy atom. The molecule has 200 valence electrons. The van der Waals surface area contributed by atoms with Crippen LogP contribution in [-0.2, 0) is 19.2 Å². The second-order valence-corrected chi connectivity index (χ2v) is 8.51. The molecule has 14 N–H and O–H groups in total. The molecule has 15 nitrogen and oxygen atoms in total. The van der Waals surface area contributed by atoms with E-state index in [1.54, 1.807) is 0 Å². The number of aliphatic imine (C=N–C) groups is 2. The fraction of sp³-hybridized carbons (Fsp3) is 0.684. The summed E-state index contributed by atoms with van der Waals surface area (Å²) in [5, 5.41) is 16.6. The molecule has 3 amide bonds. The van der Waals surface area contributed by atoms with Crippen LogP contribution >= 0.6 is 11.8 Å². The first-order valence-electron chi connectivity index (χ1n) is 10.9. The zero-order valence-corrected chi connectivity index (χ0v) is 20.7. The predicted octanol–water partition coefficient (Wildman–Crippen LogP) is -3.66. The summed E-state index contributed by atoms with van der Waals surface area (Å²) in [5.74, 6) is -2.63. The first-order chi connectivity index (χ1) is 16.5. The first kappa shape index (κ1) is 31.7. The number of hydrogen-bond acceptors (Lipinski definition) is 8. The van der Waals surface area contributed by atoms with Gasteiger partial charge < -0.3 is 49.7 Å². The van der Waals surface area contributed by atoms with Crippen LogP contribution in [0.1, 0.15) is 32.1 Å². The molecule has 0 spiro atoms. The van der Waals surface area contributed by atoms with Crippen molar-refractivity contribution in [2.45, 2.75) is 50.2 Å². The molecule has 0 heterocycles. The summed E-state index contributed by atoms with van der Waals surface area (Å²) in [5.41, 5.74) is 26.8. The summed E-state index contributed by atoms with van der Waals surface area (Å²) >= 11 is 1.48. The van der Waals surface area contributed by atoms with Gasteiger partial charge in [-0.15, -0.1) is 0 Å². The molecule has 0 aromatic heterocycles. The smallest absolute Gasteiger partial charge is 0.326 e. The topological polar surface area (TPSA) is 279 Å². The van der Waals surface area contributed by atoms with Crippen molar-refractivity contribution in [3.05, 3.63) is 0 Å². The average Bonchev–Trinajstić information content (AvgIpc) is 2.78. The SMILES string of the molecule is CSCCC(NC(=O)C(N)CCCN=C(N)N)C(=O)NCC(=O)NC(CCCN=C(N)N)C(=O)O. The van der Waals surface area contributed by atoms with Gasteiger partial charge in [-0.05, 0) is 44.1 Å². The number of rotatable bonds is 18. The number of amides is 3. The molecule has 0 saturated heterocycles. The molecule has 0 saturated carbocycles. The van der Waals surface area contributed by atoms with Crippen molar-refractivity contribution in [3.63, 3.8) is 0 Å². The fourth-order valence-corrected chi connectivity index (χ4v) is 3.20. The maximum atomic E-state index is 12.6. The molecule has 0 aromatic carbocycles. The zero-order valence-electron chi connectivity index (χ0n) is 19.9. The Bertz CT molecular complexity index is 756. The quantitative estimate of drug-likeness (QED) is 0.0484. The van der Waals surface area contributed by atoms with Crippen LogP contribution in [0, 0.1) is 0 Å². The Balaban J connectivity index is 4.75. The molecule has 3 atom stereocenters. The highest BCUT2D eigenvalue weighted by Gasteiger charge is 2.25. The van der Waals surface area contributed by atoms with Gasteiger partial charge in [0, 0.05) is 13.1 Å². The lowest BCUT2D eigenvalue weighted by molar-refractivity contribution is -0.142. The monoisotopic (exact) mass is 518 g/mol. The Morgan fingerprint density at radius 3 is 1.94 bits per heavy atom. The Hall–Kier alpha value is -3.27. The molecule has 0 bridgehead atoms. The largest absolute Gasteiger partial charge is 0.480 e. The van der Waals surface area contributed by atoms with E-state index in [1.165, 1.54) is 11.8 Å². The number of carbonyl (C=O) groups excluding carboxylic acids is 3. The van der Waals surface area contributed by atoms with Crippen LogP contribution in [0.3, 0.4) is 0 Å². The van der Waals surface area contributed by atoms with E-state index >= 15 is 0 Å². The number of guanidine groups is 2. The second-order valence-electron chi connectivity index (χ2n) is 7.52. The van der Waals surface area contributed by atoms with Crippen molar-refractivity contribution < 1.29 is 24.3 Å². The van der Waals surface area contributed by atoms with Crippen molar-refractivity contribution in [2.24, 2.45) is 38.7 Å². The summed E-state index contributed by atoms with van der Waals surface area (Å²) in [6, 6.07) is -2.95. The molecule has 35 heavy (non-hydrogen) atoms. The van der Waals surface area contributed by atoms with Gasteiger partial charge in [-0.3, -0.25) is 24.4 Å². The van der Waals surface area contributed by atoms with Gasteiger partial charge in [0.05, 0.1) is 12.6 Å². The maximum absolute atomic E-state index is 12.6. The Morgan fingerprint density at radius 2 is 1.43 bits per heavy atom. The van der Waals surface area contributed by atoms with E-state index in [0.29, 0.717) is 38.0 Å². The molecule has 0 aromatic rings. The number of nitrogens with two attached hydrogens (primary N) is 5. The summed E-state index contributed by atoms with van der Waals surface area (Å²) in [4.78, 5) is 56.1. The van der Waals surface area contributed by atoms with Crippen molar-refractivity contribution in [1.82, 2.24) is 16.0 Å². The normalized spacial score (nSPS) is 13.0. The molecular formula is C19H38N10O5S. The third-order valence-electron chi connectivity index (χ3n) is 4.55. The minimum atomic E-state index is -1.23. The van der Waals surface area contributed by atoms with Crippen LogP contribution in [0.25, 0.3) is 0 Å². The first-order valence-corrected chi connectivity index (χ1v) is 12.3. The van der Waals surface area contributed by atoms with E-state index < -0.39 is 48.4 Å². The summed E-state index contributed by atoms with van der Waals surface area (Å²) in [6.07, 6.45) is 3.37. The molecule has 3 unspecified atom stereocenters. The number of aliphatic carboxylic acids is 1. The minimum Gasteiger partial charge on any atom is -0.480 e. The van der Waals surface area contributed by atoms with E-state index in [-0.39, 0.29) is 24.9 Å². The fourth-order valence-electron chi connectivity index (χ4n) is 2.73. The number of hydrogen-bond donors (Lipinski definition) is 9. The van der Waals surface area contributed by atoms with E-state index in [1.807, 2.05) is 6.26 Å². The maximum Gasteiger partial charge on any atom is 0.326 e. The second kappa shape index (κ2) is 18.1. The molecule has 16 heteroatoms. The predicted molar refractivity (Wildman–Crippen MR) is 135 cm³/mol. The highest BCUT2D eigenvalue weighted by molar-refractivity contribution is 7.98. The van der Waals surface area contributed by atoms with E-state index in [0.717, 1.165) is 0 Å². The minimum absolute atomic E-state index is 0.0542. The lowest BCUT2D eigenvalue weighted by atomic mass is 10.1. The van der Waals surface area contributed by atoms with Gasteiger partial charge in [-0.1, -0.05) is 0 Å². The van der Waals surface area contributed by atoms with Crippen molar-refractivity contribution in [2.75, 3.05) is 31.6 Å². The molecule has 0 aliphatic rings. The highest BCUT2D eigenvalue weighted by atomic mass is 32.2. The number of carboxylic acids is 1. The third-order valence-corrected chi connectivity index (χ3v) is 5.19. The molecule has 0 rings (SSSR count). The molecule has 0 radical (unpaired) electrons. The number of nitrogens with zero attached hydrogens (tertiary/aromatic N) is 2. The standard InChI is InChI=1S/C19H38N10O5S/c1-35-9-6-12(29-15(31)11(20)4-2-7-25-18(21)22)16(32)27-10-14(30)28-13(17(33)34)5-3-8-26-19(23)24/h11-13H,2-10,20H2,1H3,(H,27,32)(H,28,30)(H,29,31)(H,33,34)(H4,21,22,25)(H4,23,24,26). The average molecular weight is 519 g/mol. The number of nitrogens with one attached hydrogen (secondary N) is 3. The van der Waals surface area contributed by atoms with E-state index in [9.17, 15) is 24.3 Å². The highest BCUT2D eigenvalue weighted by Crippen LogP contribution is 2.03. The van der Waals surface area contributed by atoms with E-state index in [2.05, 4.69) is 25.9 Å². The van der Waals surface area contributed by atoms with Crippen molar-refractivity contribution in [3.8, 4) is 0 Å².